The van der Waals surface area contributed by atoms with Crippen molar-refractivity contribution in [1.82, 2.24) is 0 Å². The summed E-state index contributed by atoms with van der Waals surface area (Å²) in [7, 11) is 0. The first-order valence-corrected chi connectivity index (χ1v) is 7.74. The van der Waals surface area contributed by atoms with Gasteiger partial charge in [0.1, 0.15) is 0 Å². The summed E-state index contributed by atoms with van der Waals surface area (Å²) in [4.78, 5) is 2.05. The van der Waals surface area contributed by atoms with Gasteiger partial charge in [-0.15, -0.1) is 0 Å². The molecule has 2 heteroatoms. The fraction of sp³-hybridized carbons (Fsp3) is 0.143. The zero-order valence-corrected chi connectivity index (χ0v) is 12.7. The number of para-hydroxylation sites is 2. The molecule has 0 amide bonds. The van der Waals surface area contributed by atoms with Crippen LogP contribution in [0.4, 0.5) is 11.4 Å². The zero-order valence-electron chi connectivity index (χ0n) is 15.7. The molecule has 3 aromatic rings. The maximum absolute atomic E-state index is 10.7. The van der Waals surface area contributed by atoms with Crippen LogP contribution in [0.3, 0.4) is 0 Å². The summed E-state index contributed by atoms with van der Waals surface area (Å²) in [5.74, 6) is 0. The van der Waals surface area contributed by atoms with Gasteiger partial charge in [0, 0.05) is 29.9 Å². The molecular formula is C21H19NO. The van der Waals surface area contributed by atoms with Gasteiger partial charge in [0.05, 0.1) is 10.2 Å². The van der Waals surface area contributed by atoms with Crippen LogP contribution in [0.5, 0.6) is 0 Å². The Morgan fingerprint density at radius 2 is 1.74 bits per heavy atom. The lowest BCUT2D eigenvalue weighted by Crippen LogP contribution is -2.17. The minimum atomic E-state index is -0.745. The van der Waals surface area contributed by atoms with E-state index in [1.807, 2.05) is 59.5 Å². The molecule has 0 fully saturated rings. The lowest BCUT2D eigenvalue weighted by atomic mass is 10.0. The number of nitrogens with zero attached hydrogens (tertiary/aromatic N) is 1. The maximum Gasteiger partial charge on any atom is 0.0851 e. The molecule has 0 saturated heterocycles. The molecule has 0 saturated carbocycles. The largest absolute Gasteiger partial charge is 0.388 e. The predicted molar refractivity (Wildman–Crippen MR) is 93.8 cm³/mol. The number of hydrogen-bond donors (Lipinski definition) is 1. The Kier molecular flexibility index (Phi) is 2.83. The number of rotatable bonds is 2. The fourth-order valence-corrected chi connectivity index (χ4v) is 3.15. The highest BCUT2D eigenvalue weighted by atomic mass is 16.3. The lowest BCUT2D eigenvalue weighted by Gasteiger charge is -2.27. The maximum atomic E-state index is 10.7. The Bertz CT molecular complexity index is 959. The second-order valence-electron chi connectivity index (χ2n) is 5.75. The zero-order chi connectivity index (χ0) is 18.3. The highest BCUT2D eigenvalue weighted by molar-refractivity contribution is 5.71. The number of fused-ring (bicyclic) bond motifs is 2. The van der Waals surface area contributed by atoms with E-state index < -0.39 is 6.10 Å². The van der Waals surface area contributed by atoms with Gasteiger partial charge in [-0.1, -0.05) is 66.7 Å². The highest BCUT2D eigenvalue weighted by Gasteiger charge is 2.25. The quantitative estimate of drug-likeness (QED) is 0.747. The SMILES string of the molecule is [2H]c1cc2c(c([2H])c1[2H])CC(O)c1ccccc1N2Cc1ccccc1. The van der Waals surface area contributed by atoms with E-state index >= 15 is 0 Å². The van der Waals surface area contributed by atoms with Gasteiger partial charge in [-0.05, 0) is 23.3 Å². The third-order valence-electron chi connectivity index (χ3n) is 4.26. The van der Waals surface area contributed by atoms with Gasteiger partial charge in [0.25, 0.3) is 0 Å². The van der Waals surface area contributed by atoms with Gasteiger partial charge < -0.3 is 10.0 Å². The van der Waals surface area contributed by atoms with E-state index in [-0.39, 0.29) is 24.5 Å². The standard InChI is InChI=1S/C21H19NO/c23-21-14-17-10-4-6-12-19(17)22(15-16-8-2-1-3-9-16)20-13-7-5-11-18(20)21/h1-13,21,23H,14-15H2/i4D,6D,10D. The molecule has 23 heavy (non-hydrogen) atoms. The molecule has 1 atom stereocenters. The first-order chi connectivity index (χ1) is 12.6. The van der Waals surface area contributed by atoms with E-state index in [4.69, 9.17) is 4.11 Å². The minimum absolute atomic E-state index is 0.0254. The first kappa shape index (κ1) is 11.0. The van der Waals surface area contributed by atoms with Gasteiger partial charge in [-0.25, -0.2) is 0 Å². The van der Waals surface area contributed by atoms with Crippen LogP contribution in [-0.2, 0) is 13.0 Å². The number of anilines is 2. The fourth-order valence-electron chi connectivity index (χ4n) is 3.15. The van der Waals surface area contributed by atoms with Crippen LogP contribution in [0.1, 0.15) is 26.9 Å². The van der Waals surface area contributed by atoms with Crippen LogP contribution in [0.25, 0.3) is 0 Å². The van der Waals surface area contributed by atoms with Crippen molar-refractivity contribution in [3.8, 4) is 0 Å². The summed E-state index contributed by atoms with van der Waals surface area (Å²) < 4.78 is 24.4. The van der Waals surface area contributed by atoms with Crippen LogP contribution in [0, 0.1) is 0 Å². The van der Waals surface area contributed by atoms with Crippen molar-refractivity contribution >= 4 is 11.4 Å². The van der Waals surface area contributed by atoms with Crippen LogP contribution < -0.4 is 4.90 Å². The molecule has 0 aliphatic carbocycles. The van der Waals surface area contributed by atoms with E-state index in [2.05, 4.69) is 0 Å². The van der Waals surface area contributed by atoms with Crippen molar-refractivity contribution in [1.29, 1.82) is 0 Å². The third-order valence-corrected chi connectivity index (χ3v) is 4.26. The van der Waals surface area contributed by atoms with E-state index in [1.165, 1.54) is 0 Å². The normalized spacial score (nSPS) is 18.2. The Morgan fingerprint density at radius 3 is 2.61 bits per heavy atom. The average molecular weight is 304 g/mol. The van der Waals surface area contributed by atoms with Gasteiger partial charge in [0.15, 0.2) is 0 Å². The second kappa shape index (κ2) is 5.90. The second-order valence-corrected chi connectivity index (χ2v) is 5.75. The summed E-state index contributed by atoms with van der Waals surface area (Å²) in [5, 5.41) is 10.7. The van der Waals surface area contributed by atoms with Crippen LogP contribution in [0.15, 0.2) is 78.8 Å². The Balaban J connectivity index is 1.95. The highest BCUT2D eigenvalue weighted by Crippen LogP contribution is 2.40. The monoisotopic (exact) mass is 304 g/mol. The van der Waals surface area contributed by atoms with Crippen molar-refractivity contribution < 1.29 is 9.22 Å². The summed E-state index contributed by atoms with van der Waals surface area (Å²) in [5.41, 5.74) is 4.11. The molecule has 1 N–H and O–H groups in total. The molecular weight excluding hydrogens is 282 g/mol. The average Bonchev–Trinajstić information content (AvgIpc) is 2.77. The molecule has 0 radical (unpaired) electrons. The number of hydrogen-bond acceptors (Lipinski definition) is 2. The minimum Gasteiger partial charge on any atom is -0.388 e. The molecule has 3 aromatic carbocycles. The number of benzene rings is 3. The van der Waals surface area contributed by atoms with Gasteiger partial charge in [-0.2, -0.15) is 0 Å². The molecule has 1 unspecified atom stereocenters. The van der Waals surface area contributed by atoms with Crippen molar-refractivity contribution in [3.63, 3.8) is 0 Å². The van der Waals surface area contributed by atoms with Gasteiger partial charge in [0.2, 0.25) is 0 Å². The Labute approximate surface area is 140 Å². The molecule has 0 bridgehead atoms. The predicted octanol–water partition coefficient (Wildman–Crippen LogP) is 4.61. The van der Waals surface area contributed by atoms with E-state index in [1.54, 1.807) is 6.07 Å². The number of aliphatic hydroxyl groups excluding tert-OH is 1. The summed E-state index contributed by atoms with van der Waals surface area (Å²) in [6.07, 6.45) is -0.478. The van der Waals surface area contributed by atoms with Crippen LogP contribution in [-0.4, -0.2) is 5.11 Å². The Morgan fingerprint density at radius 1 is 0.957 bits per heavy atom. The van der Waals surface area contributed by atoms with Crippen molar-refractivity contribution in [2.45, 2.75) is 19.1 Å². The molecule has 2 nitrogen and oxygen atoms in total. The van der Waals surface area contributed by atoms with Crippen LogP contribution >= 0.6 is 0 Å². The topological polar surface area (TPSA) is 23.5 Å². The summed E-state index contributed by atoms with van der Waals surface area (Å²) in [6, 6.07) is 19.3. The molecule has 1 aliphatic rings. The summed E-state index contributed by atoms with van der Waals surface area (Å²) >= 11 is 0. The first-order valence-electron chi connectivity index (χ1n) is 9.24. The number of aliphatic hydroxyl groups is 1. The molecule has 114 valence electrons. The lowest BCUT2D eigenvalue weighted by molar-refractivity contribution is 0.180. The van der Waals surface area contributed by atoms with E-state index in [9.17, 15) is 5.11 Å². The van der Waals surface area contributed by atoms with Gasteiger partial charge >= 0.3 is 0 Å². The van der Waals surface area contributed by atoms with E-state index in [0.717, 1.165) is 22.5 Å². The smallest absolute Gasteiger partial charge is 0.0851 e. The Hall–Kier alpha value is -2.58. The molecule has 1 heterocycles. The molecule has 1 aliphatic heterocycles. The van der Waals surface area contributed by atoms with Crippen molar-refractivity contribution in [3.05, 3.63) is 95.5 Å². The van der Waals surface area contributed by atoms with E-state index in [0.29, 0.717) is 12.1 Å². The van der Waals surface area contributed by atoms with Crippen molar-refractivity contribution in [2.24, 2.45) is 0 Å². The third kappa shape index (κ3) is 2.62. The summed E-state index contributed by atoms with van der Waals surface area (Å²) in [6.45, 7) is 0.563. The molecule has 0 spiro atoms. The van der Waals surface area contributed by atoms with Gasteiger partial charge in [-0.3, -0.25) is 0 Å². The molecule has 0 aromatic heterocycles. The van der Waals surface area contributed by atoms with Crippen molar-refractivity contribution in [2.75, 3.05) is 4.90 Å². The molecule has 4 rings (SSSR count). The van der Waals surface area contributed by atoms with Crippen LogP contribution in [0.2, 0.25) is 0 Å².